The largest absolute Gasteiger partial charge is 0.348 e. The fourth-order valence-corrected chi connectivity index (χ4v) is 4.41. The average molecular weight is 417 g/mol. The maximum absolute atomic E-state index is 11.9. The van der Waals surface area contributed by atoms with E-state index in [0.29, 0.717) is 12.1 Å². The molecule has 7 heteroatoms. The molecule has 0 saturated heterocycles. The molecule has 0 fully saturated rings. The van der Waals surface area contributed by atoms with Crippen LogP contribution in [0.25, 0.3) is 0 Å². The highest BCUT2D eigenvalue weighted by atomic mass is 79.9. The summed E-state index contributed by atoms with van der Waals surface area (Å²) in [7, 11) is 0. The lowest BCUT2D eigenvalue weighted by atomic mass is 10.1. The summed E-state index contributed by atoms with van der Waals surface area (Å²) in [5, 5.41) is 6.19. The predicted molar refractivity (Wildman–Crippen MR) is 84.9 cm³/mol. The van der Waals surface area contributed by atoms with Crippen molar-refractivity contribution in [1.82, 2.24) is 10.6 Å². The van der Waals surface area contributed by atoms with Gasteiger partial charge in [0.2, 0.25) is 0 Å². The lowest BCUT2D eigenvalue weighted by Crippen LogP contribution is -2.29. The lowest BCUT2D eigenvalue weighted by Gasteiger charge is -2.14. The number of hydrogen-bond donors (Lipinski definition) is 2. The SMILES string of the molecule is Cl.O=C(NCC1=CCNCC1)c1cc(Br)sc1Br. The molecule has 1 aliphatic heterocycles. The van der Waals surface area contributed by atoms with Crippen LogP contribution in [0.4, 0.5) is 0 Å². The van der Waals surface area contributed by atoms with Crippen LogP contribution in [0.1, 0.15) is 16.8 Å². The van der Waals surface area contributed by atoms with E-state index in [1.54, 1.807) is 0 Å². The molecule has 1 amide bonds. The Morgan fingerprint density at radius 3 is 2.83 bits per heavy atom. The van der Waals surface area contributed by atoms with Gasteiger partial charge in [0.1, 0.15) is 0 Å². The van der Waals surface area contributed by atoms with E-state index in [4.69, 9.17) is 0 Å². The molecule has 3 nitrogen and oxygen atoms in total. The number of nitrogens with one attached hydrogen (secondary N) is 2. The molecule has 2 heterocycles. The normalized spacial score (nSPS) is 14.7. The summed E-state index contributed by atoms with van der Waals surface area (Å²) in [6.07, 6.45) is 3.15. The van der Waals surface area contributed by atoms with E-state index in [1.165, 1.54) is 16.9 Å². The fourth-order valence-electron chi connectivity index (χ4n) is 1.61. The van der Waals surface area contributed by atoms with Gasteiger partial charge in [0, 0.05) is 13.1 Å². The standard InChI is InChI=1S/C11H12Br2N2OS.ClH/c12-9-5-8(10(13)17-9)11(16)15-6-7-1-3-14-4-2-7;/h1,5,14H,2-4,6H2,(H,15,16);1H. The molecule has 2 N–H and O–H groups in total. The van der Waals surface area contributed by atoms with Crippen LogP contribution in [0, 0.1) is 0 Å². The van der Waals surface area contributed by atoms with Gasteiger partial charge in [-0.05, 0) is 50.9 Å². The summed E-state index contributed by atoms with van der Waals surface area (Å²) < 4.78 is 1.82. The molecule has 2 rings (SSSR count). The van der Waals surface area contributed by atoms with Crippen molar-refractivity contribution in [3.63, 3.8) is 0 Å². The predicted octanol–water partition coefficient (Wildman–Crippen LogP) is 3.34. The first kappa shape index (κ1) is 16.2. The van der Waals surface area contributed by atoms with Crippen molar-refractivity contribution in [3.8, 4) is 0 Å². The molecule has 18 heavy (non-hydrogen) atoms. The van der Waals surface area contributed by atoms with Crippen molar-refractivity contribution in [2.45, 2.75) is 6.42 Å². The van der Waals surface area contributed by atoms with E-state index < -0.39 is 0 Å². The topological polar surface area (TPSA) is 41.1 Å². The van der Waals surface area contributed by atoms with Crippen molar-refractivity contribution >= 4 is 61.5 Å². The van der Waals surface area contributed by atoms with Crippen LogP contribution in [-0.2, 0) is 0 Å². The lowest BCUT2D eigenvalue weighted by molar-refractivity contribution is 0.0956. The summed E-state index contributed by atoms with van der Waals surface area (Å²) in [4.78, 5) is 11.9. The zero-order valence-electron chi connectivity index (χ0n) is 9.46. The van der Waals surface area contributed by atoms with Crippen LogP contribution in [0.3, 0.4) is 0 Å². The Labute approximate surface area is 133 Å². The van der Waals surface area contributed by atoms with Gasteiger partial charge in [0.25, 0.3) is 5.91 Å². The van der Waals surface area contributed by atoms with Crippen LogP contribution in [-0.4, -0.2) is 25.5 Å². The molecule has 0 saturated carbocycles. The number of amides is 1. The van der Waals surface area contributed by atoms with E-state index in [2.05, 4.69) is 48.6 Å². The minimum Gasteiger partial charge on any atom is -0.348 e. The maximum Gasteiger partial charge on any atom is 0.253 e. The van der Waals surface area contributed by atoms with Crippen molar-refractivity contribution in [2.24, 2.45) is 0 Å². The van der Waals surface area contributed by atoms with Crippen LogP contribution in [0.2, 0.25) is 0 Å². The highest BCUT2D eigenvalue weighted by molar-refractivity contribution is 9.12. The summed E-state index contributed by atoms with van der Waals surface area (Å²) in [6.45, 7) is 2.54. The maximum atomic E-state index is 11.9. The van der Waals surface area contributed by atoms with E-state index in [1.807, 2.05) is 6.07 Å². The summed E-state index contributed by atoms with van der Waals surface area (Å²) in [5.74, 6) is -0.0294. The molecule has 100 valence electrons. The van der Waals surface area contributed by atoms with E-state index in [9.17, 15) is 4.79 Å². The zero-order valence-corrected chi connectivity index (χ0v) is 14.3. The molecule has 1 aromatic rings. The fraction of sp³-hybridized carbons (Fsp3) is 0.364. The van der Waals surface area contributed by atoms with Gasteiger partial charge in [-0.2, -0.15) is 0 Å². The zero-order chi connectivity index (χ0) is 12.3. The second-order valence-electron chi connectivity index (χ2n) is 3.74. The van der Waals surface area contributed by atoms with Gasteiger partial charge in [-0.25, -0.2) is 0 Å². The number of rotatable bonds is 3. The minimum absolute atomic E-state index is 0. The van der Waals surface area contributed by atoms with Crippen molar-refractivity contribution in [2.75, 3.05) is 19.6 Å². The quantitative estimate of drug-likeness (QED) is 0.742. The summed E-state index contributed by atoms with van der Waals surface area (Å²) in [6, 6.07) is 1.83. The number of hydrogen-bond acceptors (Lipinski definition) is 3. The molecule has 0 bridgehead atoms. The summed E-state index contributed by atoms with van der Waals surface area (Å²) in [5.41, 5.74) is 1.99. The average Bonchev–Trinajstić information content (AvgIpc) is 2.67. The minimum atomic E-state index is -0.0294. The second-order valence-corrected chi connectivity index (χ2v) is 7.49. The Bertz CT molecular complexity index is 462. The van der Waals surface area contributed by atoms with Gasteiger partial charge in [-0.3, -0.25) is 4.79 Å². The Kier molecular flexibility index (Phi) is 6.87. The third-order valence-corrected chi connectivity index (χ3v) is 4.87. The Balaban J connectivity index is 0.00000162. The van der Waals surface area contributed by atoms with Crippen LogP contribution < -0.4 is 10.6 Å². The number of carbonyl (C=O) groups excluding carboxylic acids is 1. The highest BCUT2D eigenvalue weighted by Crippen LogP contribution is 2.31. The van der Waals surface area contributed by atoms with Crippen molar-refractivity contribution < 1.29 is 4.79 Å². The van der Waals surface area contributed by atoms with Gasteiger partial charge in [0.15, 0.2) is 0 Å². The molecule has 0 atom stereocenters. The van der Waals surface area contributed by atoms with Gasteiger partial charge in [0.05, 0.1) is 13.1 Å². The van der Waals surface area contributed by atoms with E-state index >= 15 is 0 Å². The molecular formula is C11H13Br2ClN2OS. The molecular weight excluding hydrogens is 403 g/mol. The highest BCUT2D eigenvalue weighted by Gasteiger charge is 2.13. The van der Waals surface area contributed by atoms with E-state index in [-0.39, 0.29) is 18.3 Å². The Hall–Kier alpha value is 0.120. The van der Waals surface area contributed by atoms with Crippen molar-refractivity contribution in [1.29, 1.82) is 0 Å². The van der Waals surface area contributed by atoms with Gasteiger partial charge in [-0.1, -0.05) is 11.6 Å². The second kappa shape index (κ2) is 7.65. The van der Waals surface area contributed by atoms with Crippen LogP contribution in [0.5, 0.6) is 0 Å². The van der Waals surface area contributed by atoms with Crippen LogP contribution in [0.15, 0.2) is 25.3 Å². The Morgan fingerprint density at radius 2 is 2.28 bits per heavy atom. The van der Waals surface area contributed by atoms with Gasteiger partial charge < -0.3 is 10.6 Å². The number of thiophene rings is 1. The number of carbonyl (C=O) groups is 1. The first-order chi connectivity index (χ1) is 8.16. The summed E-state index contributed by atoms with van der Waals surface area (Å²) >= 11 is 8.26. The number of halogens is 3. The molecule has 0 aliphatic carbocycles. The monoisotopic (exact) mass is 414 g/mol. The Morgan fingerprint density at radius 1 is 1.50 bits per heavy atom. The third-order valence-electron chi connectivity index (χ3n) is 2.54. The molecule has 1 aromatic heterocycles. The third kappa shape index (κ3) is 4.35. The van der Waals surface area contributed by atoms with Crippen molar-refractivity contribution in [3.05, 3.63) is 30.9 Å². The van der Waals surface area contributed by atoms with Crippen LogP contribution >= 0.6 is 55.6 Å². The molecule has 0 aromatic carbocycles. The smallest absolute Gasteiger partial charge is 0.253 e. The molecule has 0 unspecified atom stereocenters. The van der Waals surface area contributed by atoms with Gasteiger partial charge in [-0.15, -0.1) is 23.7 Å². The van der Waals surface area contributed by atoms with E-state index in [0.717, 1.165) is 27.1 Å². The molecule has 0 radical (unpaired) electrons. The molecule has 0 spiro atoms. The molecule has 1 aliphatic rings. The first-order valence-corrected chi connectivity index (χ1v) is 7.68. The first-order valence-electron chi connectivity index (χ1n) is 5.28. The van der Waals surface area contributed by atoms with Gasteiger partial charge >= 0.3 is 0 Å².